The maximum atomic E-state index is 5.37. The third kappa shape index (κ3) is 4.06. The molecule has 0 fully saturated rings. The third-order valence-corrected chi connectivity index (χ3v) is 6.02. The SMILES string of the molecule is COc1ccc(-c2cc3c(Nc4cccc(OC)c4)ncnc3n2C(C)c2ccccc2)cc1. The quantitative estimate of drug-likeness (QED) is 0.308. The monoisotopic (exact) mass is 450 g/mol. The van der Waals surface area contributed by atoms with Gasteiger partial charge in [0.2, 0.25) is 0 Å². The fourth-order valence-corrected chi connectivity index (χ4v) is 4.23. The molecule has 3 aromatic carbocycles. The summed E-state index contributed by atoms with van der Waals surface area (Å²) in [5.74, 6) is 2.35. The standard InChI is InChI=1S/C28H26N4O2/c1-19(20-8-5-4-6-9-20)32-26(21-12-14-23(33-2)15-13-21)17-25-27(29-18-30-28(25)32)31-22-10-7-11-24(16-22)34-3/h4-19H,1-3H3,(H,29,30,31). The highest BCUT2D eigenvalue weighted by Gasteiger charge is 2.20. The maximum absolute atomic E-state index is 5.37. The van der Waals surface area contributed by atoms with Crippen LogP contribution in [-0.4, -0.2) is 28.8 Å². The lowest BCUT2D eigenvalue weighted by Gasteiger charge is -2.19. The van der Waals surface area contributed by atoms with Gasteiger partial charge in [-0.2, -0.15) is 0 Å². The van der Waals surface area contributed by atoms with Gasteiger partial charge in [0.1, 0.15) is 29.3 Å². The van der Waals surface area contributed by atoms with Crippen molar-refractivity contribution in [2.75, 3.05) is 19.5 Å². The van der Waals surface area contributed by atoms with Crippen LogP contribution in [0.25, 0.3) is 22.3 Å². The molecule has 0 aliphatic rings. The van der Waals surface area contributed by atoms with Crippen molar-refractivity contribution in [2.45, 2.75) is 13.0 Å². The molecule has 0 aliphatic heterocycles. The summed E-state index contributed by atoms with van der Waals surface area (Å²) in [6.07, 6.45) is 1.61. The number of rotatable bonds is 7. The number of nitrogens with one attached hydrogen (secondary N) is 1. The first-order valence-corrected chi connectivity index (χ1v) is 11.1. The highest BCUT2D eigenvalue weighted by Crippen LogP contribution is 2.36. The number of benzene rings is 3. The van der Waals surface area contributed by atoms with E-state index in [0.29, 0.717) is 0 Å². The lowest BCUT2D eigenvalue weighted by Crippen LogP contribution is -2.09. The normalized spacial score (nSPS) is 11.9. The number of nitrogens with zero attached hydrogens (tertiary/aromatic N) is 3. The van der Waals surface area contributed by atoms with E-state index in [-0.39, 0.29) is 6.04 Å². The predicted molar refractivity (Wildman–Crippen MR) is 136 cm³/mol. The number of ether oxygens (including phenoxy) is 2. The van der Waals surface area contributed by atoms with Crippen LogP contribution in [0.2, 0.25) is 0 Å². The van der Waals surface area contributed by atoms with Gasteiger partial charge >= 0.3 is 0 Å². The fraction of sp³-hybridized carbons (Fsp3) is 0.143. The molecule has 5 rings (SSSR count). The van der Waals surface area contributed by atoms with E-state index in [1.54, 1.807) is 20.5 Å². The van der Waals surface area contributed by atoms with E-state index in [1.165, 1.54) is 5.56 Å². The Morgan fingerprint density at radius 1 is 0.794 bits per heavy atom. The van der Waals surface area contributed by atoms with Crippen molar-refractivity contribution in [3.8, 4) is 22.8 Å². The van der Waals surface area contributed by atoms with Crippen molar-refractivity contribution < 1.29 is 9.47 Å². The second-order valence-corrected chi connectivity index (χ2v) is 8.03. The Balaban J connectivity index is 1.67. The summed E-state index contributed by atoms with van der Waals surface area (Å²) in [6.45, 7) is 2.19. The lowest BCUT2D eigenvalue weighted by atomic mass is 10.1. The van der Waals surface area contributed by atoms with Crippen molar-refractivity contribution in [3.05, 3.63) is 96.8 Å². The molecule has 1 unspecified atom stereocenters. The Hall–Kier alpha value is -4.32. The molecule has 5 aromatic rings. The van der Waals surface area contributed by atoms with Gasteiger partial charge in [-0.1, -0.05) is 36.4 Å². The Labute approximate surface area is 198 Å². The molecule has 2 aromatic heterocycles. The average molecular weight is 451 g/mol. The predicted octanol–water partition coefficient (Wildman–Crippen LogP) is 6.47. The van der Waals surface area contributed by atoms with Crippen molar-refractivity contribution in [1.82, 2.24) is 14.5 Å². The first-order valence-electron chi connectivity index (χ1n) is 11.1. The number of aromatic nitrogens is 3. The molecule has 0 aliphatic carbocycles. The molecule has 0 amide bonds. The zero-order valence-electron chi connectivity index (χ0n) is 19.4. The molecular formula is C28H26N4O2. The number of hydrogen-bond donors (Lipinski definition) is 1. The minimum absolute atomic E-state index is 0.0652. The van der Waals surface area contributed by atoms with Crippen LogP contribution in [0.3, 0.4) is 0 Å². The minimum atomic E-state index is 0.0652. The number of fused-ring (bicyclic) bond motifs is 1. The Kier molecular flexibility index (Phi) is 5.87. The molecule has 6 nitrogen and oxygen atoms in total. The van der Waals surface area contributed by atoms with E-state index in [1.807, 2.05) is 42.5 Å². The smallest absolute Gasteiger partial charge is 0.146 e. The molecule has 170 valence electrons. The molecule has 0 spiro atoms. The third-order valence-electron chi connectivity index (χ3n) is 6.02. The van der Waals surface area contributed by atoms with Crippen LogP contribution in [0.1, 0.15) is 18.5 Å². The summed E-state index contributed by atoms with van der Waals surface area (Å²) >= 11 is 0. The molecule has 1 atom stereocenters. The van der Waals surface area contributed by atoms with E-state index in [4.69, 9.17) is 14.5 Å². The van der Waals surface area contributed by atoms with Crippen LogP contribution < -0.4 is 14.8 Å². The molecular weight excluding hydrogens is 424 g/mol. The number of anilines is 2. The largest absolute Gasteiger partial charge is 0.497 e. The Morgan fingerprint density at radius 3 is 2.29 bits per heavy atom. The molecule has 6 heteroatoms. The first kappa shape index (κ1) is 21.5. The summed E-state index contributed by atoms with van der Waals surface area (Å²) in [4.78, 5) is 9.27. The van der Waals surface area contributed by atoms with Gasteiger partial charge < -0.3 is 19.4 Å². The van der Waals surface area contributed by atoms with Crippen molar-refractivity contribution >= 4 is 22.5 Å². The molecule has 1 N–H and O–H groups in total. The Bertz CT molecular complexity index is 1410. The maximum Gasteiger partial charge on any atom is 0.146 e. The molecule has 0 radical (unpaired) electrons. The Morgan fingerprint density at radius 2 is 1.56 bits per heavy atom. The number of methoxy groups -OCH3 is 2. The summed E-state index contributed by atoms with van der Waals surface area (Å²) in [6, 6.07) is 28.6. The highest BCUT2D eigenvalue weighted by molar-refractivity contribution is 5.94. The van der Waals surface area contributed by atoms with Crippen molar-refractivity contribution in [2.24, 2.45) is 0 Å². The van der Waals surface area contributed by atoms with E-state index >= 15 is 0 Å². The summed E-state index contributed by atoms with van der Waals surface area (Å²) in [7, 11) is 3.34. The van der Waals surface area contributed by atoms with Gasteiger partial charge in [-0.3, -0.25) is 0 Å². The van der Waals surface area contributed by atoms with Crippen LogP contribution in [0.15, 0.2) is 91.3 Å². The molecule has 0 bridgehead atoms. The first-order chi connectivity index (χ1) is 16.7. The second kappa shape index (κ2) is 9.27. The van der Waals surface area contributed by atoms with Gasteiger partial charge in [-0.05, 0) is 60.5 Å². The fourth-order valence-electron chi connectivity index (χ4n) is 4.23. The molecule has 0 saturated heterocycles. The van der Waals surface area contributed by atoms with Gasteiger partial charge in [0, 0.05) is 11.8 Å². The van der Waals surface area contributed by atoms with E-state index in [9.17, 15) is 0 Å². The van der Waals surface area contributed by atoms with Crippen molar-refractivity contribution in [3.63, 3.8) is 0 Å². The second-order valence-electron chi connectivity index (χ2n) is 8.03. The van der Waals surface area contributed by atoms with Crippen LogP contribution >= 0.6 is 0 Å². The minimum Gasteiger partial charge on any atom is -0.497 e. The van der Waals surface area contributed by atoms with Gasteiger partial charge in [-0.25, -0.2) is 9.97 Å². The zero-order chi connectivity index (χ0) is 23.5. The highest BCUT2D eigenvalue weighted by atomic mass is 16.5. The van der Waals surface area contributed by atoms with Gasteiger partial charge in [0.05, 0.1) is 31.3 Å². The van der Waals surface area contributed by atoms with E-state index < -0.39 is 0 Å². The van der Waals surface area contributed by atoms with Crippen LogP contribution in [-0.2, 0) is 0 Å². The van der Waals surface area contributed by atoms with Crippen molar-refractivity contribution in [1.29, 1.82) is 0 Å². The van der Waals surface area contributed by atoms with Gasteiger partial charge in [-0.15, -0.1) is 0 Å². The van der Waals surface area contributed by atoms with Gasteiger partial charge in [0.15, 0.2) is 0 Å². The zero-order valence-corrected chi connectivity index (χ0v) is 19.4. The molecule has 0 saturated carbocycles. The topological polar surface area (TPSA) is 61.2 Å². The van der Waals surface area contributed by atoms with Gasteiger partial charge in [0.25, 0.3) is 0 Å². The van der Waals surface area contributed by atoms with Crippen LogP contribution in [0.4, 0.5) is 11.5 Å². The average Bonchev–Trinajstić information content (AvgIpc) is 3.29. The van der Waals surface area contributed by atoms with E-state index in [2.05, 4.69) is 64.3 Å². The summed E-state index contributed by atoms with van der Waals surface area (Å²) < 4.78 is 13.0. The number of hydrogen-bond acceptors (Lipinski definition) is 5. The van der Waals surface area contributed by atoms with Crippen LogP contribution in [0, 0.1) is 0 Å². The summed E-state index contributed by atoms with van der Waals surface area (Å²) in [5, 5.41) is 4.39. The van der Waals surface area contributed by atoms with Crippen LogP contribution in [0.5, 0.6) is 11.5 Å². The lowest BCUT2D eigenvalue weighted by molar-refractivity contribution is 0.415. The summed E-state index contributed by atoms with van der Waals surface area (Å²) in [5.41, 5.74) is 5.10. The molecule has 34 heavy (non-hydrogen) atoms. The molecule has 2 heterocycles. The van der Waals surface area contributed by atoms with E-state index in [0.717, 1.165) is 45.3 Å².